The number of aryl methyl sites for hydroxylation is 1. The highest BCUT2D eigenvalue weighted by atomic mass is 19.4. The van der Waals surface area contributed by atoms with E-state index in [2.05, 4.69) is 5.10 Å². The maximum atomic E-state index is 12.2. The van der Waals surface area contributed by atoms with Crippen molar-refractivity contribution in [3.63, 3.8) is 0 Å². The first-order valence-electron chi connectivity index (χ1n) is 4.67. The van der Waals surface area contributed by atoms with Crippen molar-refractivity contribution >= 4 is 0 Å². The fourth-order valence-electron chi connectivity index (χ4n) is 1.18. The summed E-state index contributed by atoms with van der Waals surface area (Å²) in [7, 11) is 0. The Morgan fingerprint density at radius 2 is 2.20 bits per heavy atom. The SMILES string of the molecule is CC(O)CCCn1cc(C(F)(F)F)cn1. The summed E-state index contributed by atoms with van der Waals surface area (Å²) in [6.07, 6.45) is -1.81. The topological polar surface area (TPSA) is 38.0 Å². The number of hydrogen-bond acceptors (Lipinski definition) is 2. The molecule has 1 atom stereocenters. The Morgan fingerprint density at radius 3 is 2.67 bits per heavy atom. The Morgan fingerprint density at radius 1 is 1.53 bits per heavy atom. The lowest BCUT2D eigenvalue weighted by atomic mass is 10.2. The molecule has 0 aliphatic carbocycles. The van der Waals surface area contributed by atoms with Gasteiger partial charge in [0.1, 0.15) is 0 Å². The molecule has 15 heavy (non-hydrogen) atoms. The number of aromatic nitrogens is 2. The van der Waals surface area contributed by atoms with Gasteiger partial charge in [0.05, 0.1) is 17.9 Å². The van der Waals surface area contributed by atoms with Gasteiger partial charge < -0.3 is 5.11 Å². The molecule has 1 aromatic rings. The van der Waals surface area contributed by atoms with Gasteiger partial charge in [-0.3, -0.25) is 4.68 Å². The number of nitrogens with zero attached hydrogens (tertiary/aromatic N) is 2. The first kappa shape index (κ1) is 12.0. The first-order valence-corrected chi connectivity index (χ1v) is 4.67. The van der Waals surface area contributed by atoms with Crippen molar-refractivity contribution in [2.45, 2.75) is 38.6 Å². The average Bonchev–Trinajstić information content (AvgIpc) is 2.51. The fraction of sp³-hybridized carbons (Fsp3) is 0.667. The molecule has 1 N–H and O–H groups in total. The van der Waals surface area contributed by atoms with Crippen molar-refractivity contribution in [1.82, 2.24) is 9.78 Å². The Kier molecular flexibility index (Phi) is 3.73. The van der Waals surface area contributed by atoms with Crippen molar-refractivity contribution in [3.8, 4) is 0 Å². The van der Waals surface area contributed by atoms with E-state index in [1.54, 1.807) is 6.92 Å². The minimum absolute atomic E-state index is 0.390. The van der Waals surface area contributed by atoms with E-state index in [1.165, 1.54) is 4.68 Å². The van der Waals surface area contributed by atoms with Crippen LogP contribution in [-0.4, -0.2) is 21.0 Å². The van der Waals surface area contributed by atoms with Crippen LogP contribution in [0.1, 0.15) is 25.3 Å². The van der Waals surface area contributed by atoms with Gasteiger partial charge >= 0.3 is 6.18 Å². The zero-order valence-corrected chi connectivity index (χ0v) is 8.33. The predicted octanol–water partition coefficient (Wildman–Crippen LogP) is 2.06. The maximum Gasteiger partial charge on any atom is 0.419 e. The Balaban J connectivity index is 2.47. The third kappa shape index (κ3) is 3.91. The largest absolute Gasteiger partial charge is 0.419 e. The zero-order chi connectivity index (χ0) is 11.5. The number of alkyl halides is 3. The zero-order valence-electron chi connectivity index (χ0n) is 8.33. The van der Waals surface area contributed by atoms with Gasteiger partial charge in [-0.2, -0.15) is 18.3 Å². The Hall–Kier alpha value is -1.04. The molecule has 0 saturated heterocycles. The van der Waals surface area contributed by atoms with E-state index >= 15 is 0 Å². The minimum Gasteiger partial charge on any atom is -0.393 e. The molecule has 1 unspecified atom stereocenters. The van der Waals surface area contributed by atoms with E-state index in [0.29, 0.717) is 19.4 Å². The van der Waals surface area contributed by atoms with Crippen molar-refractivity contribution < 1.29 is 18.3 Å². The van der Waals surface area contributed by atoms with Crippen LogP contribution >= 0.6 is 0 Å². The summed E-state index contributed by atoms with van der Waals surface area (Å²) in [4.78, 5) is 0. The van der Waals surface area contributed by atoms with Gasteiger partial charge in [-0.25, -0.2) is 0 Å². The van der Waals surface area contributed by atoms with Crippen LogP contribution in [0.5, 0.6) is 0 Å². The molecule has 0 aliphatic heterocycles. The van der Waals surface area contributed by atoms with Crippen LogP contribution in [0.15, 0.2) is 12.4 Å². The molecule has 0 bridgehead atoms. The van der Waals surface area contributed by atoms with Gasteiger partial charge in [0, 0.05) is 12.7 Å². The number of aliphatic hydroxyl groups excluding tert-OH is 1. The van der Waals surface area contributed by atoms with Crippen molar-refractivity contribution in [1.29, 1.82) is 0 Å². The second-order valence-electron chi connectivity index (χ2n) is 3.48. The van der Waals surface area contributed by atoms with Crippen LogP contribution in [0.4, 0.5) is 13.2 Å². The molecule has 0 aromatic carbocycles. The van der Waals surface area contributed by atoms with Gasteiger partial charge in [0.15, 0.2) is 0 Å². The number of rotatable bonds is 4. The summed E-state index contributed by atoms with van der Waals surface area (Å²) in [5.41, 5.74) is -0.737. The number of halogens is 3. The summed E-state index contributed by atoms with van der Waals surface area (Å²) in [5.74, 6) is 0. The standard InChI is InChI=1S/C9H13F3N2O/c1-7(15)3-2-4-14-6-8(5-13-14)9(10,11)12/h5-7,15H,2-4H2,1H3. The summed E-state index contributed by atoms with van der Waals surface area (Å²) in [6.45, 7) is 2.03. The van der Waals surface area contributed by atoms with Gasteiger partial charge in [-0.05, 0) is 19.8 Å². The lowest BCUT2D eigenvalue weighted by molar-refractivity contribution is -0.137. The van der Waals surface area contributed by atoms with Crippen molar-refractivity contribution in [2.24, 2.45) is 0 Å². The molecule has 0 radical (unpaired) electrons. The van der Waals surface area contributed by atoms with Gasteiger partial charge in [-0.1, -0.05) is 0 Å². The van der Waals surface area contributed by atoms with Gasteiger partial charge in [0.25, 0.3) is 0 Å². The maximum absolute atomic E-state index is 12.2. The smallest absolute Gasteiger partial charge is 0.393 e. The third-order valence-corrected chi connectivity index (χ3v) is 1.97. The van der Waals surface area contributed by atoms with Crippen molar-refractivity contribution in [2.75, 3.05) is 0 Å². The summed E-state index contributed by atoms with van der Waals surface area (Å²) in [5, 5.41) is 12.5. The van der Waals surface area contributed by atoms with Crippen molar-refractivity contribution in [3.05, 3.63) is 18.0 Å². The third-order valence-electron chi connectivity index (χ3n) is 1.97. The lowest BCUT2D eigenvalue weighted by Crippen LogP contribution is -2.05. The van der Waals surface area contributed by atoms with E-state index in [9.17, 15) is 13.2 Å². The van der Waals surface area contributed by atoms with Gasteiger partial charge in [0.2, 0.25) is 0 Å². The van der Waals surface area contributed by atoms with Gasteiger partial charge in [-0.15, -0.1) is 0 Å². The fourth-order valence-corrected chi connectivity index (χ4v) is 1.18. The molecule has 1 aromatic heterocycles. The van der Waals surface area contributed by atoms with Crippen LogP contribution in [0.3, 0.4) is 0 Å². The second-order valence-corrected chi connectivity index (χ2v) is 3.48. The van der Waals surface area contributed by atoms with E-state index in [4.69, 9.17) is 5.11 Å². The molecule has 0 fully saturated rings. The molecule has 86 valence electrons. The normalized spacial score (nSPS) is 14.2. The van der Waals surface area contributed by atoms with E-state index in [0.717, 1.165) is 12.4 Å². The summed E-state index contributed by atoms with van der Waals surface area (Å²) in [6, 6.07) is 0. The van der Waals surface area contributed by atoms with E-state index in [1.807, 2.05) is 0 Å². The lowest BCUT2D eigenvalue weighted by Gasteiger charge is -2.04. The molecule has 1 heterocycles. The average molecular weight is 222 g/mol. The molecule has 0 saturated carbocycles. The predicted molar refractivity (Wildman–Crippen MR) is 48.1 cm³/mol. The van der Waals surface area contributed by atoms with E-state index in [-0.39, 0.29) is 0 Å². The molecular weight excluding hydrogens is 209 g/mol. The molecule has 0 amide bonds. The van der Waals surface area contributed by atoms with Crippen LogP contribution in [-0.2, 0) is 12.7 Å². The molecule has 0 spiro atoms. The second kappa shape index (κ2) is 4.65. The molecular formula is C9H13F3N2O. The summed E-state index contributed by atoms with van der Waals surface area (Å²) >= 11 is 0. The number of aliphatic hydroxyl groups is 1. The highest BCUT2D eigenvalue weighted by Crippen LogP contribution is 2.28. The molecule has 3 nitrogen and oxygen atoms in total. The Bertz CT molecular complexity index is 307. The van der Waals surface area contributed by atoms with Crippen LogP contribution in [0, 0.1) is 0 Å². The minimum atomic E-state index is -4.33. The van der Waals surface area contributed by atoms with E-state index < -0.39 is 17.8 Å². The highest BCUT2D eigenvalue weighted by Gasteiger charge is 2.31. The monoisotopic (exact) mass is 222 g/mol. The van der Waals surface area contributed by atoms with Crippen LogP contribution in [0.25, 0.3) is 0 Å². The first-order chi connectivity index (χ1) is 6.89. The Labute approximate surface area is 85.5 Å². The van der Waals surface area contributed by atoms with Crippen LogP contribution in [0.2, 0.25) is 0 Å². The quantitative estimate of drug-likeness (QED) is 0.846. The highest BCUT2D eigenvalue weighted by molar-refractivity contribution is 5.08. The molecule has 0 aliphatic rings. The molecule has 6 heteroatoms. The van der Waals surface area contributed by atoms with Crippen LogP contribution < -0.4 is 0 Å². The molecule has 1 rings (SSSR count). The summed E-state index contributed by atoms with van der Waals surface area (Å²) < 4.78 is 37.7. The number of hydrogen-bond donors (Lipinski definition) is 1.